The second kappa shape index (κ2) is 5.10. The highest BCUT2D eigenvalue weighted by Gasteiger charge is 2.39. The number of aliphatic hydroxyl groups excluding tert-OH is 1. The minimum absolute atomic E-state index is 0.0212. The van der Waals surface area contributed by atoms with E-state index in [4.69, 9.17) is 16.3 Å². The zero-order valence-corrected chi connectivity index (χ0v) is 11.2. The van der Waals surface area contributed by atoms with Crippen molar-refractivity contribution in [3.8, 4) is 5.75 Å². The maximum Gasteiger partial charge on any atom is 0.124 e. The average Bonchev–Trinajstić information content (AvgIpc) is 2.99. The molecule has 2 fully saturated rings. The molecule has 2 saturated carbocycles. The van der Waals surface area contributed by atoms with Gasteiger partial charge in [-0.1, -0.05) is 18.0 Å². The fourth-order valence-electron chi connectivity index (χ4n) is 3.59. The molecule has 2 bridgehead atoms. The Balaban J connectivity index is 1.63. The summed E-state index contributed by atoms with van der Waals surface area (Å²) in [5.74, 6) is 3.32. The van der Waals surface area contributed by atoms with Gasteiger partial charge in [0.25, 0.3) is 0 Å². The van der Waals surface area contributed by atoms with Gasteiger partial charge in [0.1, 0.15) is 5.75 Å². The highest BCUT2D eigenvalue weighted by atomic mass is 35.5. The van der Waals surface area contributed by atoms with Crippen LogP contribution in [0.2, 0.25) is 5.02 Å². The molecule has 2 aliphatic rings. The zero-order chi connectivity index (χ0) is 12.5. The molecule has 0 saturated heterocycles. The number of benzene rings is 1. The first-order chi connectivity index (χ1) is 8.76. The number of rotatable bonds is 4. The first-order valence-electron chi connectivity index (χ1n) is 6.78. The molecule has 1 N–H and O–H groups in total. The van der Waals surface area contributed by atoms with Gasteiger partial charge in [-0.15, -0.1) is 0 Å². The van der Waals surface area contributed by atoms with Crippen molar-refractivity contribution in [1.29, 1.82) is 0 Å². The van der Waals surface area contributed by atoms with Crippen molar-refractivity contribution in [2.75, 3.05) is 6.61 Å². The highest BCUT2D eigenvalue weighted by molar-refractivity contribution is 6.30. The molecule has 98 valence electrons. The Morgan fingerprint density at radius 1 is 1.28 bits per heavy atom. The molecule has 3 atom stereocenters. The second-order valence-corrected chi connectivity index (χ2v) is 6.09. The van der Waals surface area contributed by atoms with Crippen molar-refractivity contribution in [1.82, 2.24) is 0 Å². The molecule has 2 aliphatic carbocycles. The van der Waals surface area contributed by atoms with Gasteiger partial charge in [0.05, 0.1) is 13.2 Å². The van der Waals surface area contributed by atoms with Crippen LogP contribution in [0.15, 0.2) is 18.2 Å². The number of hydrogen-bond acceptors (Lipinski definition) is 2. The fraction of sp³-hybridized carbons (Fsp3) is 0.600. The topological polar surface area (TPSA) is 29.5 Å². The number of fused-ring (bicyclic) bond motifs is 2. The third kappa shape index (κ3) is 2.36. The Morgan fingerprint density at radius 3 is 2.83 bits per heavy atom. The number of halogens is 1. The van der Waals surface area contributed by atoms with Crippen LogP contribution in [-0.2, 0) is 6.61 Å². The lowest BCUT2D eigenvalue weighted by atomic mass is 9.89. The Hall–Kier alpha value is -0.730. The molecule has 1 aromatic rings. The Labute approximate surface area is 113 Å². The molecule has 2 nitrogen and oxygen atoms in total. The maximum atomic E-state index is 9.30. The summed E-state index contributed by atoms with van der Waals surface area (Å²) < 4.78 is 5.90. The summed E-state index contributed by atoms with van der Waals surface area (Å²) in [6.45, 7) is 0.766. The predicted molar refractivity (Wildman–Crippen MR) is 71.8 cm³/mol. The minimum Gasteiger partial charge on any atom is -0.493 e. The summed E-state index contributed by atoms with van der Waals surface area (Å²) in [6, 6.07) is 5.45. The molecule has 3 heteroatoms. The molecule has 0 radical (unpaired) electrons. The van der Waals surface area contributed by atoms with Gasteiger partial charge in [0.2, 0.25) is 0 Å². The summed E-state index contributed by atoms with van der Waals surface area (Å²) in [6.07, 6.45) is 5.53. The van der Waals surface area contributed by atoms with Crippen LogP contribution in [0.3, 0.4) is 0 Å². The van der Waals surface area contributed by atoms with Gasteiger partial charge in [-0.05, 0) is 55.2 Å². The summed E-state index contributed by atoms with van der Waals surface area (Å²) >= 11 is 5.91. The Kier molecular flexibility index (Phi) is 3.49. The van der Waals surface area contributed by atoms with E-state index >= 15 is 0 Å². The summed E-state index contributed by atoms with van der Waals surface area (Å²) in [5.41, 5.74) is 0.783. The van der Waals surface area contributed by atoms with Crippen LogP contribution in [0.1, 0.15) is 31.2 Å². The van der Waals surface area contributed by atoms with Gasteiger partial charge in [-0.2, -0.15) is 0 Å². The molecule has 3 rings (SSSR count). The third-order valence-electron chi connectivity index (χ3n) is 4.53. The average molecular weight is 267 g/mol. The van der Waals surface area contributed by atoms with Gasteiger partial charge in [0, 0.05) is 10.6 Å². The molecule has 18 heavy (non-hydrogen) atoms. The lowest BCUT2D eigenvalue weighted by molar-refractivity contribution is 0.189. The zero-order valence-electron chi connectivity index (χ0n) is 10.4. The second-order valence-electron chi connectivity index (χ2n) is 5.66. The van der Waals surface area contributed by atoms with Crippen LogP contribution in [0.25, 0.3) is 0 Å². The molecule has 0 aliphatic heterocycles. The van der Waals surface area contributed by atoms with Crippen molar-refractivity contribution in [2.45, 2.75) is 32.3 Å². The van der Waals surface area contributed by atoms with Crippen LogP contribution in [-0.4, -0.2) is 11.7 Å². The SMILES string of the molecule is OCc1cc(Cl)ccc1OCC1CC2CCC1C2. The monoisotopic (exact) mass is 266 g/mol. The molecular weight excluding hydrogens is 248 g/mol. The van der Waals surface area contributed by atoms with Crippen molar-refractivity contribution in [3.63, 3.8) is 0 Å². The number of ether oxygens (including phenoxy) is 1. The van der Waals surface area contributed by atoms with Crippen LogP contribution < -0.4 is 4.74 Å². The van der Waals surface area contributed by atoms with Crippen LogP contribution in [0.4, 0.5) is 0 Å². The van der Waals surface area contributed by atoms with Crippen LogP contribution in [0, 0.1) is 17.8 Å². The van der Waals surface area contributed by atoms with Crippen molar-refractivity contribution < 1.29 is 9.84 Å². The normalized spacial score (nSPS) is 29.8. The van der Waals surface area contributed by atoms with Gasteiger partial charge < -0.3 is 9.84 Å². The van der Waals surface area contributed by atoms with E-state index in [9.17, 15) is 5.11 Å². The van der Waals surface area contributed by atoms with E-state index in [1.807, 2.05) is 12.1 Å². The summed E-state index contributed by atoms with van der Waals surface area (Å²) in [5, 5.41) is 9.95. The standard InChI is InChI=1S/C15H19ClO2/c16-14-3-4-15(12(7-14)8-17)18-9-13-6-10-1-2-11(13)5-10/h3-4,7,10-11,13,17H,1-2,5-6,8-9H2. The van der Waals surface area contributed by atoms with E-state index in [0.29, 0.717) is 10.9 Å². The lowest BCUT2D eigenvalue weighted by Gasteiger charge is -2.22. The Morgan fingerprint density at radius 2 is 2.17 bits per heavy atom. The first-order valence-corrected chi connectivity index (χ1v) is 7.16. The first kappa shape index (κ1) is 12.3. The largest absolute Gasteiger partial charge is 0.493 e. The molecule has 1 aromatic carbocycles. The van der Waals surface area contributed by atoms with E-state index in [0.717, 1.165) is 29.8 Å². The van der Waals surface area contributed by atoms with E-state index in [2.05, 4.69) is 0 Å². The van der Waals surface area contributed by atoms with Gasteiger partial charge in [-0.3, -0.25) is 0 Å². The van der Waals surface area contributed by atoms with Gasteiger partial charge in [-0.25, -0.2) is 0 Å². The Bertz CT molecular complexity index is 433. The molecular formula is C15H19ClO2. The van der Waals surface area contributed by atoms with E-state index in [1.165, 1.54) is 25.7 Å². The predicted octanol–water partition coefficient (Wildman–Crippen LogP) is 3.65. The maximum absolute atomic E-state index is 9.30. The van der Waals surface area contributed by atoms with Crippen molar-refractivity contribution in [3.05, 3.63) is 28.8 Å². The van der Waals surface area contributed by atoms with Gasteiger partial charge in [0.15, 0.2) is 0 Å². The van der Waals surface area contributed by atoms with Crippen molar-refractivity contribution in [2.24, 2.45) is 17.8 Å². The summed E-state index contributed by atoms with van der Waals surface area (Å²) in [4.78, 5) is 0. The molecule has 0 amide bonds. The number of aliphatic hydroxyl groups is 1. The third-order valence-corrected chi connectivity index (χ3v) is 4.77. The van der Waals surface area contributed by atoms with Gasteiger partial charge >= 0.3 is 0 Å². The highest BCUT2D eigenvalue weighted by Crippen LogP contribution is 2.48. The minimum atomic E-state index is -0.0212. The molecule has 3 unspecified atom stereocenters. The van der Waals surface area contributed by atoms with Crippen LogP contribution >= 0.6 is 11.6 Å². The fourth-order valence-corrected chi connectivity index (χ4v) is 3.78. The van der Waals surface area contributed by atoms with Crippen molar-refractivity contribution >= 4 is 11.6 Å². The van der Waals surface area contributed by atoms with Crippen LogP contribution in [0.5, 0.6) is 5.75 Å². The molecule has 0 aromatic heterocycles. The molecule has 0 heterocycles. The summed E-state index contributed by atoms with van der Waals surface area (Å²) in [7, 11) is 0. The quantitative estimate of drug-likeness (QED) is 0.901. The number of hydrogen-bond donors (Lipinski definition) is 1. The molecule has 0 spiro atoms. The van der Waals surface area contributed by atoms with E-state index in [1.54, 1.807) is 6.07 Å². The van der Waals surface area contributed by atoms with E-state index in [-0.39, 0.29) is 6.61 Å². The lowest BCUT2D eigenvalue weighted by Crippen LogP contribution is -2.18. The smallest absolute Gasteiger partial charge is 0.124 e. The van der Waals surface area contributed by atoms with E-state index < -0.39 is 0 Å².